The fraction of sp³-hybridized carbons (Fsp3) is 0.571. The van der Waals surface area contributed by atoms with E-state index in [0.29, 0.717) is 5.92 Å². The highest BCUT2D eigenvalue weighted by Gasteiger charge is 2.35. The first-order valence-electron chi connectivity index (χ1n) is 5.90. The Morgan fingerprint density at radius 1 is 1.33 bits per heavy atom. The van der Waals surface area contributed by atoms with Crippen molar-refractivity contribution in [3.05, 3.63) is 35.9 Å². The summed E-state index contributed by atoms with van der Waals surface area (Å²) in [7, 11) is 0. The van der Waals surface area contributed by atoms with E-state index in [-0.39, 0.29) is 5.41 Å². The molecule has 1 aromatic rings. The normalized spacial score (nSPS) is 31.5. The average molecular weight is 204 g/mol. The van der Waals surface area contributed by atoms with E-state index in [9.17, 15) is 0 Å². The first-order valence-corrected chi connectivity index (χ1v) is 5.90. The zero-order chi connectivity index (χ0) is 10.7. The van der Waals surface area contributed by atoms with Gasteiger partial charge in [0.1, 0.15) is 0 Å². The van der Waals surface area contributed by atoms with Crippen LogP contribution in [-0.4, -0.2) is 13.2 Å². The van der Waals surface area contributed by atoms with Crippen LogP contribution in [0.4, 0.5) is 0 Å². The standard InChI is InChI=1S/C14H20O/c1-3-14(9-12(2)10-15-11-14)13-7-5-4-6-8-13/h4-8,12H,3,9-11H2,1-2H3. The minimum absolute atomic E-state index is 0.263. The molecule has 1 nitrogen and oxygen atoms in total. The van der Waals surface area contributed by atoms with Gasteiger partial charge >= 0.3 is 0 Å². The molecule has 0 saturated carbocycles. The zero-order valence-electron chi connectivity index (χ0n) is 9.70. The molecule has 2 unspecified atom stereocenters. The molecule has 0 bridgehead atoms. The molecule has 1 fully saturated rings. The van der Waals surface area contributed by atoms with E-state index in [4.69, 9.17) is 4.74 Å². The van der Waals surface area contributed by atoms with Gasteiger partial charge in [0.05, 0.1) is 6.61 Å². The summed E-state index contributed by atoms with van der Waals surface area (Å²) in [6.07, 6.45) is 2.43. The van der Waals surface area contributed by atoms with Crippen molar-refractivity contribution in [1.82, 2.24) is 0 Å². The van der Waals surface area contributed by atoms with Crippen LogP contribution < -0.4 is 0 Å². The Kier molecular flexibility index (Phi) is 3.11. The van der Waals surface area contributed by atoms with Gasteiger partial charge in [-0.3, -0.25) is 0 Å². The summed E-state index contributed by atoms with van der Waals surface area (Å²) in [5, 5.41) is 0. The maximum Gasteiger partial charge on any atom is 0.0563 e. The van der Waals surface area contributed by atoms with E-state index in [1.54, 1.807) is 0 Å². The van der Waals surface area contributed by atoms with E-state index in [1.165, 1.54) is 18.4 Å². The van der Waals surface area contributed by atoms with Gasteiger partial charge in [-0.25, -0.2) is 0 Å². The molecule has 1 heterocycles. The zero-order valence-corrected chi connectivity index (χ0v) is 9.70. The first kappa shape index (κ1) is 10.7. The van der Waals surface area contributed by atoms with Crippen LogP contribution in [0.25, 0.3) is 0 Å². The molecule has 2 rings (SSSR count). The number of rotatable bonds is 2. The molecule has 0 radical (unpaired) electrons. The fourth-order valence-corrected chi connectivity index (χ4v) is 2.68. The Hall–Kier alpha value is -0.820. The Morgan fingerprint density at radius 3 is 2.67 bits per heavy atom. The molecular weight excluding hydrogens is 184 g/mol. The van der Waals surface area contributed by atoms with Crippen LogP contribution in [0.3, 0.4) is 0 Å². The molecular formula is C14H20O. The van der Waals surface area contributed by atoms with Gasteiger partial charge in [-0.2, -0.15) is 0 Å². The van der Waals surface area contributed by atoms with Gasteiger partial charge in [0.25, 0.3) is 0 Å². The van der Waals surface area contributed by atoms with Crippen molar-refractivity contribution in [2.45, 2.75) is 32.1 Å². The molecule has 82 valence electrons. The Balaban J connectivity index is 2.28. The Labute approximate surface area is 92.5 Å². The monoisotopic (exact) mass is 204 g/mol. The van der Waals surface area contributed by atoms with Crippen LogP contribution in [0.1, 0.15) is 32.3 Å². The van der Waals surface area contributed by atoms with Crippen molar-refractivity contribution in [2.75, 3.05) is 13.2 Å². The van der Waals surface area contributed by atoms with Crippen molar-refractivity contribution >= 4 is 0 Å². The van der Waals surface area contributed by atoms with Gasteiger partial charge < -0.3 is 4.74 Å². The lowest BCUT2D eigenvalue weighted by Crippen LogP contribution is -2.39. The van der Waals surface area contributed by atoms with Crippen LogP contribution in [0.15, 0.2) is 30.3 Å². The maximum atomic E-state index is 5.74. The van der Waals surface area contributed by atoms with E-state index < -0.39 is 0 Å². The van der Waals surface area contributed by atoms with Gasteiger partial charge in [0.15, 0.2) is 0 Å². The van der Waals surface area contributed by atoms with Gasteiger partial charge in [0.2, 0.25) is 0 Å². The van der Waals surface area contributed by atoms with Gasteiger partial charge in [-0.1, -0.05) is 44.2 Å². The lowest BCUT2D eigenvalue weighted by Gasteiger charge is -2.39. The summed E-state index contributed by atoms with van der Waals surface area (Å²) in [5.41, 5.74) is 1.71. The minimum atomic E-state index is 0.263. The molecule has 0 aliphatic carbocycles. The highest BCUT2D eigenvalue weighted by Crippen LogP contribution is 2.37. The molecule has 2 atom stereocenters. The molecule has 1 saturated heterocycles. The summed E-state index contributed by atoms with van der Waals surface area (Å²) in [5.74, 6) is 0.680. The number of ether oxygens (including phenoxy) is 1. The van der Waals surface area contributed by atoms with E-state index >= 15 is 0 Å². The fourth-order valence-electron chi connectivity index (χ4n) is 2.68. The second-order valence-corrected chi connectivity index (χ2v) is 4.82. The van der Waals surface area contributed by atoms with Crippen LogP contribution in [0.5, 0.6) is 0 Å². The molecule has 0 N–H and O–H groups in total. The highest BCUT2D eigenvalue weighted by atomic mass is 16.5. The molecule has 0 aromatic heterocycles. The molecule has 0 amide bonds. The van der Waals surface area contributed by atoms with Crippen LogP contribution in [0.2, 0.25) is 0 Å². The molecule has 1 aliphatic heterocycles. The lowest BCUT2D eigenvalue weighted by molar-refractivity contribution is 0.000120. The molecule has 1 aromatic carbocycles. The quantitative estimate of drug-likeness (QED) is 0.717. The summed E-state index contributed by atoms with van der Waals surface area (Å²) in [6, 6.07) is 10.8. The smallest absolute Gasteiger partial charge is 0.0563 e. The van der Waals surface area contributed by atoms with Crippen LogP contribution >= 0.6 is 0 Å². The first-order chi connectivity index (χ1) is 7.27. The summed E-state index contributed by atoms with van der Waals surface area (Å²) >= 11 is 0. The van der Waals surface area contributed by atoms with Gasteiger partial charge in [0, 0.05) is 12.0 Å². The van der Waals surface area contributed by atoms with Crippen molar-refractivity contribution in [3.63, 3.8) is 0 Å². The second kappa shape index (κ2) is 4.36. The largest absolute Gasteiger partial charge is 0.380 e. The third-order valence-electron chi connectivity index (χ3n) is 3.58. The summed E-state index contributed by atoms with van der Waals surface area (Å²) < 4.78 is 5.74. The second-order valence-electron chi connectivity index (χ2n) is 4.82. The van der Waals surface area contributed by atoms with Crippen molar-refractivity contribution in [1.29, 1.82) is 0 Å². The van der Waals surface area contributed by atoms with Crippen molar-refractivity contribution < 1.29 is 4.74 Å². The van der Waals surface area contributed by atoms with E-state index in [2.05, 4.69) is 44.2 Å². The van der Waals surface area contributed by atoms with Gasteiger partial charge in [-0.15, -0.1) is 0 Å². The summed E-state index contributed by atoms with van der Waals surface area (Å²) in [4.78, 5) is 0. The third-order valence-corrected chi connectivity index (χ3v) is 3.58. The number of benzene rings is 1. The third kappa shape index (κ3) is 2.07. The molecule has 1 heteroatoms. The van der Waals surface area contributed by atoms with Crippen molar-refractivity contribution in [2.24, 2.45) is 5.92 Å². The Morgan fingerprint density at radius 2 is 2.07 bits per heavy atom. The van der Waals surface area contributed by atoms with E-state index in [1.807, 2.05) is 0 Å². The van der Waals surface area contributed by atoms with Crippen molar-refractivity contribution in [3.8, 4) is 0 Å². The topological polar surface area (TPSA) is 9.23 Å². The van der Waals surface area contributed by atoms with Crippen LogP contribution in [0, 0.1) is 5.92 Å². The maximum absolute atomic E-state index is 5.74. The average Bonchev–Trinajstić information content (AvgIpc) is 2.30. The van der Waals surface area contributed by atoms with Gasteiger partial charge in [-0.05, 0) is 24.3 Å². The minimum Gasteiger partial charge on any atom is -0.380 e. The predicted molar refractivity (Wildman–Crippen MR) is 63.0 cm³/mol. The predicted octanol–water partition coefficient (Wildman–Crippen LogP) is 3.39. The van der Waals surface area contributed by atoms with E-state index in [0.717, 1.165) is 13.2 Å². The number of hydrogen-bond donors (Lipinski definition) is 0. The highest BCUT2D eigenvalue weighted by molar-refractivity contribution is 5.26. The molecule has 15 heavy (non-hydrogen) atoms. The van der Waals surface area contributed by atoms with Crippen LogP contribution in [-0.2, 0) is 10.2 Å². The molecule has 0 spiro atoms. The lowest BCUT2D eigenvalue weighted by atomic mass is 9.71. The number of hydrogen-bond acceptors (Lipinski definition) is 1. The SMILES string of the molecule is CCC1(c2ccccc2)COCC(C)C1. The Bertz CT molecular complexity index is 306. The summed E-state index contributed by atoms with van der Waals surface area (Å²) in [6.45, 7) is 6.37. The molecule has 1 aliphatic rings.